The average molecular weight is 274 g/mol. The van der Waals surface area contributed by atoms with Gasteiger partial charge < -0.3 is 11.1 Å². The van der Waals surface area contributed by atoms with Crippen molar-refractivity contribution >= 4 is 23.0 Å². The van der Waals surface area contributed by atoms with E-state index in [1.165, 1.54) is 17.7 Å². The molecule has 1 aliphatic carbocycles. The van der Waals surface area contributed by atoms with Crippen LogP contribution in [0.15, 0.2) is 17.5 Å². The summed E-state index contributed by atoms with van der Waals surface area (Å²) in [5, 5.41) is 5.50. The molecule has 0 radical (unpaired) electrons. The summed E-state index contributed by atoms with van der Waals surface area (Å²) in [5.74, 6) is 2.93. The maximum Gasteiger partial charge on any atom is 0.136 e. The first-order valence-corrected chi connectivity index (χ1v) is 7.52. The van der Waals surface area contributed by atoms with E-state index in [-0.39, 0.29) is 0 Å². The van der Waals surface area contributed by atoms with E-state index in [1.54, 1.807) is 11.3 Å². The molecule has 100 valence electrons. The molecule has 1 saturated carbocycles. The highest BCUT2D eigenvalue weighted by Gasteiger charge is 2.27. The molecule has 0 aromatic carbocycles. The topological polar surface area (TPSA) is 63.8 Å². The molecule has 5 heteroatoms. The van der Waals surface area contributed by atoms with Gasteiger partial charge >= 0.3 is 0 Å². The van der Waals surface area contributed by atoms with E-state index < -0.39 is 0 Å². The van der Waals surface area contributed by atoms with Gasteiger partial charge in [-0.1, -0.05) is 6.07 Å². The zero-order valence-corrected chi connectivity index (χ0v) is 11.8. The molecule has 3 rings (SSSR count). The summed E-state index contributed by atoms with van der Waals surface area (Å²) in [6, 6.07) is 4.24. The molecule has 0 spiro atoms. The largest absolute Gasteiger partial charge is 0.383 e. The van der Waals surface area contributed by atoms with Gasteiger partial charge in [0.1, 0.15) is 17.5 Å². The Hall–Kier alpha value is -1.62. The zero-order valence-electron chi connectivity index (χ0n) is 11.0. The Bertz CT molecular complexity index is 561. The molecule has 19 heavy (non-hydrogen) atoms. The van der Waals surface area contributed by atoms with E-state index >= 15 is 0 Å². The Morgan fingerprint density at radius 2 is 2.26 bits per heavy atom. The van der Waals surface area contributed by atoms with E-state index in [0.717, 1.165) is 30.2 Å². The summed E-state index contributed by atoms with van der Waals surface area (Å²) in [7, 11) is 0. The number of hydrogen-bond acceptors (Lipinski definition) is 5. The number of nitrogens with one attached hydrogen (secondary N) is 1. The Morgan fingerprint density at radius 3 is 2.95 bits per heavy atom. The van der Waals surface area contributed by atoms with Crippen molar-refractivity contribution in [1.82, 2.24) is 9.97 Å². The lowest BCUT2D eigenvalue weighted by Crippen LogP contribution is -2.11. The van der Waals surface area contributed by atoms with Gasteiger partial charge in [0.05, 0.1) is 0 Å². The van der Waals surface area contributed by atoms with Gasteiger partial charge in [-0.2, -0.15) is 0 Å². The number of rotatable bonds is 5. The number of nitrogens with two attached hydrogens (primary N) is 1. The first-order chi connectivity index (χ1) is 9.24. The van der Waals surface area contributed by atoms with Gasteiger partial charge in [-0.3, -0.25) is 0 Å². The highest BCUT2D eigenvalue weighted by Crippen LogP contribution is 2.39. The summed E-state index contributed by atoms with van der Waals surface area (Å²) in [5.41, 5.74) is 6.92. The van der Waals surface area contributed by atoms with Crippen LogP contribution < -0.4 is 11.1 Å². The van der Waals surface area contributed by atoms with Crippen LogP contribution in [0.2, 0.25) is 0 Å². The van der Waals surface area contributed by atoms with Crippen molar-refractivity contribution in [2.75, 3.05) is 17.6 Å². The van der Waals surface area contributed by atoms with Crippen LogP contribution in [0.25, 0.3) is 0 Å². The van der Waals surface area contributed by atoms with Gasteiger partial charge in [0.2, 0.25) is 0 Å². The highest BCUT2D eigenvalue weighted by molar-refractivity contribution is 7.09. The van der Waals surface area contributed by atoms with Crippen LogP contribution in [-0.4, -0.2) is 16.5 Å². The number of nitrogens with zero attached hydrogens (tertiary/aromatic N) is 2. The number of aromatic nitrogens is 2. The number of anilines is 2. The van der Waals surface area contributed by atoms with Crippen molar-refractivity contribution in [3.63, 3.8) is 0 Å². The van der Waals surface area contributed by atoms with Crippen LogP contribution >= 0.6 is 11.3 Å². The minimum atomic E-state index is 0.528. The van der Waals surface area contributed by atoms with E-state index in [9.17, 15) is 0 Å². The van der Waals surface area contributed by atoms with Crippen LogP contribution in [-0.2, 0) is 6.42 Å². The minimum absolute atomic E-state index is 0.528. The van der Waals surface area contributed by atoms with Crippen molar-refractivity contribution in [3.05, 3.63) is 33.8 Å². The fraction of sp³-hybridized carbons (Fsp3) is 0.429. The summed E-state index contributed by atoms with van der Waals surface area (Å²) in [6.45, 7) is 2.85. The predicted octanol–water partition coefficient (Wildman–Crippen LogP) is 2.96. The quantitative estimate of drug-likeness (QED) is 0.880. The van der Waals surface area contributed by atoms with E-state index in [1.807, 2.05) is 6.92 Å². The Labute approximate surface area is 117 Å². The van der Waals surface area contributed by atoms with E-state index in [4.69, 9.17) is 5.73 Å². The third-order valence-corrected chi connectivity index (χ3v) is 4.32. The molecule has 2 heterocycles. The third-order valence-electron chi connectivity index (χ3n) is 3.39. The van der Waals surface area contributed by atoms with Gasteiger partial charge in [0.25, 0.3) is 0 Å². The second kappa shape index (κ2) is 5.17. The maximum atomic E-state index is 5.96. The van der Waals surface area contributed by atoms with Gasteiger partial charge in [-0.25, -0.2) is 9.97 Å². The first kappa shape index (κ1) is 12.4. The lowest BCUT2D eigenvalue weighted by molar-refractivity contribution is 0.913. The molecule has 2 aromatic rings. The molecule has 2 aromatic heterocycles. The van der Waals surface area contributed by atoms with Crippen molar-refractivity contribution < 1.29 is 0 Å². The maximum absolute atomic E-state index is 5.96. The minimum Gasteiger partial charge on any atom is -0.383 e. The molecular formula is C14H18N4S. The monoisotopic (exact) mass is 274 g/mol. The van der Waals surface area contributed by atoms with E-state index in [2.05, 4.69) is 32.8 Å². The van der Waals surface area contributed by atoms with Crippen molar-refractivity contribution in [2.24, 2.45) is 0 Å². The van der Waals surface area contributed by atoms with Crippen LogP contribution in [0.5, 0.6) is 0 Å². The molecule has 0 saturated heterocycles. The average Bonchev–Trinajstić information content (AvgIpc) is 3.12. The molecule has 0 unspecified atom stereocenters. The van der Waals surface area contributed by atoms with E-state index in [0.29, 0.717) is 11.7 Å². The summed E-state index contributed by atoms with van der Waals surface area (Å²) < 4.78 is 0. The highest BCUT2D eigenvalue weighted by atomic mass is 32.1. The second-order valence-electron chi connectivity index (χ2n) is 4.97. The predicted molar refractivity (Wildman–Crippen MR) is 79.7 cm³/mol. The molecule has 0 bridgehead atoms. The molecule has 1 fully saturated rings. The van der Waals surface area contributed by atoms with Gasteiger partial charge in [0, 0.05) is 22.9 Å². The molecule has 1 aliphatic rings. The summed E-state index contributed by atoms with van der Waals surface area (Å²) in [4.78, 5) is 10.4. The Morgan fingerprint density at radius 1 is 1.42 bits per heavy atom. The van der Waals surface area contributed by atoms with Crippen LogP contribution in [0.3, 0.4) is 0 Å². The Kier molecular flexibility index (Phi) is 3.38. The standard InChI is InChI=1S/C14H18N4S/c1-9-12(15)17-14(10-4-5-10)18-13(9)16-7-6-11-3-2-8-19-11/h2-3,8,10H,4-7H2,1H3,(H3,15,16,17,18). The molecule has 3 N–H and O–H groups in total. The van der Waals surface area contributed by atoms with Gasteiger partial charge in [-0.05, 0) is 37.6 Å². The molecule has 0 atom stereocenters. The molecular weight excluding hydrogens is 256 g/mol. The second-order valence-corrected chi connectivity index (χ2v) is 6.00. The molecule has 4 nitrogen and oxygen atoms in total. The molecule has 0 aliphatic heterocycles. The first-order valence-electron chi connectivity index (χ1n) is 6.64. The summed E-state index contributed by atoms with van der Waals surface area (Å²) >= 11 is 1.79. The van der Waals surface area contributed by atoms with Crippen LogP contribution in [0, 0.1) is 6.92 Å². The van der Waals surface area contributed by atoms with Crippen LogP contribution in [0.4, 0.5) is 11.6 Å². The van der Waals surface area contributed by atoms with Crippen molar-refractivity contribution in [2.45, 2.75) is 32.1 Å². The summed E-state index contributed by atoms with van der Waals surface area (Å²) in [6.07, 6.45) is 3.40. The number of thiophene rings is 1. The molecule has 0 amide bonds. The van der Waals surface area contributed by atoms with Crippen molar-refractivity contribution in [1.29, 1.82) is 0 Å². The zero-order chi connectivity index (χ0) is 13.2. The van der Waals surface area contributed by atoms with Gasteiger partial charge in [0.15, 0.2) is 0 Å². The lowest BCUT2D eigenvalue weighted by atomic mass is 10.2. The van der Waals surface area contributed by atoms with Gasteiger partial charge in [-0.15, -0.1) is 11.3 Å². The number of nitrogen functional groups attached to an aromatic ring is 1. The lowest BCUT2D eigenvalue weighted by Gasteiger charge is -2.11. The number of hydrogen-bond donors (Lipinski definition) is 2. The Balaban J connectivity index is 1.69. The SMILES string of the molecule is Cc1c(N)nc(C2CC2)nc1NCCc1cccs1. The fourth-order valence-electron chi connectivity index (χ4n) is 2.01. The normalized spacial score (nSPS) is 14.6. The smallest absolute Gasteiger partial charge is 0.136 e. The van der Waals surface area contributed by atoms with Crippen LogP contribution in [0.1, 0.15) is 35.0 Å². The fourth-order valence-corrected chi connectivity index (χ4v) is 2.72. The third kappa shape index (κ3) is 2.87. The van der Waals surface area contributed by atoms with Crippen molar-refractivity contribution in [3.8, 4) is 0 Å².